The SMILES string of the molecule is Cc1ccccc1Oc1cc(=O)n2[nH]c(C(C)(C)C)cc2n1. The van der Waals surface area contributed by atoms with Gasteiger partial charge in [0, 0.05) is 17.2 Å². The monoisotopic (exact) mass is 297 g/mol. The highest BCUT2D eigenvalue weighted by molar-refractivity contribution is 5.44. The van der Waals surface area contributed by atoms with Crippen LogP contribution >= 0.6 is 0 Å². The van der Waals surface area contributed by atoms with Crippen LogP contribution in [0.15, 0.2) is 41.2 Å². The number of ether oxygens (including phenoxy) is 1. The molecule has 0 bridgehead atoms. The minimum absolute atomic E-state index is 0.0861. The molecule has 3 aromatic rings. The van der Waals surface area contributed by atoms with Crippen LogP contribution in [0.1, 0.15) is 32.0 Å². The van der Waals surface area contributed by atoms with E-state index in [-0.39, 0.29) is 11.0 Å². The molecule has 0 aliphatic rings. The van der Waals surface area contributed by atoms with Crippen molar-refractivity contribution in [3.05, 3.63) is 58.0 Å². The third-order valence-corrected chi connectivity index (χ3v) is 3.54. The number of aromatic amines is 1. The number of para-hydroxylation sites is 1. The standard InChI is InChI=1S/C17H19N3O2/c1-11-7-5-6-8-12(11)22-15-10-16(21)20-14(18-15)9-13(19-20)17(2,3)4/h5-10,19H,1-4H3. The van der Waals surface area contributed by atoms with Crippen molar-refractivity contribution in [3.8, 4) is 11.6 Å². The summed E-state index contributed by atoms with van der Waals surface area (Å²) in [4.78, 5) is 16.6. The van der Waals surface area contributed by atoms with Gasteiger partial charge >= 0.3 is 0 Å². The molecule has 0 aliphatic carbocycles. The Labute approximate surface area is 128 Å². The van der Waals surface area contributed by atoms with Gasteiger partial charge in [-0.05, 0) is 18.6 Å². The molecule has 5 nitrogen and oxygen atoms in total. The Morgan fingerprint density at radius 2 is 1.91 bits per heavy atom. The molecule has 114 valence electrons. The molecule has 0 saturated heterocycles. The first kappa shape index (κ1) is 14.4. The molecule has 1 N–H and O–H groups in total. The van der Waals surface area contributed by atoms with Crippen molar-refractivity contribution in [2.45, 2.75) is 33.1 Å². The first-order chi connectivity index (χ1) is 10.3. The average Bonchev–Trinajstić information content (AvgIpc) is 2.86. The topological polar surface area (TPSA) is 59.4 Å². The minimum Gasteiger partial charge on any atom is -0.438 e. The molecule has 2 heterocycles. The van der Waals surface area contributed by atoms with Gasteiger partial charge in [-0.2, -0.15) is 4.98 Å². The maximum absolute atomic E-state index is 12.2. The molecule has 22 heavy (non-hydrogen) atoms. The average molecular weight is 297 g/mol. The molecule has 0 spiro atoms. The van der Waals surface area contributed by atoms with Gasteiger partial charge in [-0.1, -0.05) is 39.0 Å². The second-order valence-corrected chi connectivity index (χ2v) is 6.41. The third-order valence-electron chi connectivity index (χ3n) is 3.54. The molecule has 0 amide bonds. The number of aryl methyl sites for hydroxylation is 1. The zero-order valence-corrected chi connectivity index (χ0v) is 13.2. The molecule has 3 rings (SSSR count). The predicted octanol–water partition coefficient (Wildman–Crippen LogP) is 3.42. The van der Waals surface area contributed by atoms with Crippen molar-refractivity contribution in [1.82, 2.24) is 14.6 Å². The molecule has 1 aromatic carbocycles. The van der Waals surface area contributed by atoms with E-state index in [1.54, 1.807) is 0 Å². The van der Waals surface area contributed by atoms with E-state index in [1.165, 1.54) is 10.6 Å². The van der Waals surface area contributed by atoms with E-state index in [0.29, 0.717) is 17.3 Å². The lowest BCUT2D eigenvalue weighted by molar-refractivity contribution is 0.458. The van der Waals surface area contributed by atoms with Gasteiger partial charge in [0.05, 0.1) is 6.07 Å². The summed E-state index contributed by atoms with van der Waals surface area (Å²) < 4.78 is 7.19. The van der Waals surface area contributed by atoms with Gasteiger partial charge < -0.3 is 4.74 Å². The molecule has 0 fully saturated rings. The van der Waals surface area contributed by atoms with Crippen LogP contribution in [0.25, 0.3) is 5.65 Å². The van der Waals surface area contributed by atoms with Crippen molar-refractivity contribution >= 4 is 5.65 Å². The predicted molar refractivity (Wildman–Crippen MR) is 85.8 cm³/mol. The summed E-state index contributed by atoms with van der Waals surface area (Å²) in [5, 5.41) is 3.09. The maximum Gasteiger partial charge on any atom is 0.276 e. The van der Waals surface area contributed by atoms with Crippen molar-refractivity contribution in [1.29, 1.82) is 0 Å². The Morgan fingerprint density at radius 1 is 1.18 bits per heavy atom. The largest absolute Gasteiger partial charge is 0.438 e. The summed E-state index contributed by atoms with van der Waals surface area (Å²) in [6.45, 7) is 8.18. The van der Waals surface area contributed by atoms with Gasteiger partial charge in [0.15, 0.2) is 5.65 Å². The Bertz CT molecular complexity index is 885. The van der Waals surface area contributed by atoms with Gasteiger partial charge in [0.25, 0.3) is 5.56 Å². The molecule has 0 aliphatic heterocycles. The van der Waals surface area contributed by atoms with E-state index in [2.05, 4.69) is 30.9 Å². The lowest BCUT2D eigenvalue weighted by atomic mass is 9.93. The summed E-state index contributed by atoms with van der Waals surface area (Å²) in [5.74, 6) is 1.00. The van der Waals surface area contributed by atoms with E-state index in [4.69, 9.17) is 4.74 Å². The van der Waals surface area contributed by atoms with Gasteiger partial charge in [-0.3, -0.25) is 9.89 Å². The lowest BCUT2D eigenvalue weighted by Gasteiger charge is -2.14. The van der Waals surface area contributed by atoms with E-state index in [1.807, 2.05) is 37.3 Å². The van der Waals surface area contributed by atoms with E-state index in [0.717, 1.165) is 11.3 Å². The van der Waals surface area contributed by atoms with E-state index >= 15 is 0 Å². The van der Waals surface area contributed by atoms with Crippen LogP contribution < -0.4 is 10.3 Å². The summed E-state index contributed by atoms with van der Waals surface area (Å²) >= 11 is 0. The number of rotatable bonds is 2. The van der Waals surface area contributed by atoms with Gasteiger partial charge in [-0.15, -0.1) is 0 Å². The zero-order valence-electron chi connectivity index (χ0n) is 13.2. The molecular formula is C17H19N3O2. The highest BCUT2D eigenvalue weighted by Gasteiger charge is 2.18. The molecule has 0 saturated carbocycles. The highest BCUT2D eigenvalue weighted by atomic mass is 16.5. The molecule has 2 aromatic heterocycles. The molecular weight excluding hydrogens is 278 g/mol. The molecule has 0 unspecified atom stereocenters. The summed E-state index contributed by atoms with van der Waals surface area (Å²) in [6.07, 6.45) is 0. The van der Waals surface area contributed by atoms with Crippen LogP contribution in [0.2, 0.25) is 0 Å². The van der Waals surface area contributed by atoms with Crippen LogP contribution in [0.5, 0.6) is 11.6 Å². The van der Waals surface area contributed by atoms with Crippen LogP contribution in [0, 0.1) is 6.92 Å². The van der Waals surface area contributed by atoms with Crippen molar-refractivity contribution in [3.63, 3.8) is 0 Å². The van der Waals surface area contributed by atoms with Gasteiger partial charge in [0.1, 0.15) is 5.75 Å². The molecule has 5 heteroatoms. The Hall–Kier alpha value is -2.56. The fraction of sp³-hybridized carbons (Fsp3) is 0.294. The van der Waals surface area contributed by atoms with Crippen LogP contribution in [-0.2, 0) is 5.41 Å². The summed E-state index contributed by atoms with van der Waals surface area (Å²) in [6, 6.07) is 10.9. The van der Waals surface area contributed by atoms with Gasteiger partial charge in [-0.25, -0.2) is 4.52 Å². The number of hydrogen-bond donors (Lipinski definition) is 1. The summed E-state index contributed by atoms with van der Waals surface area (Å²) in [5.41, 5.74) is 2.22. The number of nitrogens with zero attached hydrogens (tertiary/aromatic N) is 2. The van der Waals surface area contributed by atoms with Gasteiger partial charge in [0.2, 0.25) is 5.88 Å². The third kappa shape index (κ3) is 2.62. The Morgan fingerprint density at radius 3 is 2.59 bits per heavy atom. The van der Waals surface area contributed by atoms with E-state index < -0.39 is 0 Å². The number of H-pyrrole nitrogens is 1. The highest BCUT2D eigenvalue weighted by Crippen LogP contribution is 2.24. The van der Waals surface area contributed by atoms with Crippen LogP contribution in [0.4, 0.5) is 0 Å². The van der Waals surface area contributed by atoms with Crippen molar-refractivity contribution in [2.75, 3.05) is 0 Å². The zero-order chi connectivity index (χ0) is 15.9. The first-order valence-corrected chi connectivity index (χ1v) is 7.21. The van der Waals surface area contributed by atoms with Crippen LogP contribution in [0.3, 0.4) is 0 Å². The summed E-state index contributed by atoms with van der Waals surface area (Å²) in [7, 11) is 0. The number of fused-ring (bicyclic) bond motifs is 1. The van der Waals surface area contributed by atoms with E-state index in [9.17, 15) is 4.79 Å². The Kier molecular flexibility index (Phi) is 3.28. The smallest absolute Gasteiger partial charge is 0.276 e. The number of hydrogen-bond acceptors (Lipinski definition) is 3. The first-order valence-electron chi connectivity index (χ1n) is 7.21. The molecule has 0 atom stereocenters. The lowest BCUT2D eigenvalue weighted by Crippen LogP contribution is -2.16. The maximum atomic E-state index is 12.2. The molecule has 0 radical (unpaired) electrons. The number of nitrogens with one attached hydrogen (secondary N) is 1. The Balaban J connectivity index is 2.06. The minimum atomic E-state index is -0.191. The fourth-order valence-electron chi connectivity index (χ4n) is 2.19. The van der Waals surface area contributed by atoms with Crippen molar-refractivity contribution in [2.24, 2.45) is 0 Å². The quantitative estimate of drug-likeness (QED) is 0.788. The second-order valence-electron chi connectivity index (χ2n) is 6.41. The fourth-order valence-corrected chi connectivity index (χ4v) is 2.19. The van der Waals surface area contributed by atoms with Crippen LogP contribution in [-0.4, -0.2) is 14.6 Å². The number of aromatic nitrogens is 3. The normalized spacial score (nSPS) is 11.8. The number of benzene rings is 1. The second kappa shape index (κ2) is 5.02. The van der Waals surface area contributed by atoms with Crippen molar-refractivity contribution < 1.29 is 4.74 Å².